The zero-order chi connectivity index (χ0) is 14.3. The van der Waals surface area contributed by atoms with Gasteiger partial charge in [-0.3, -0.25) is 14.9 Å². The molecular weight excluding hydrogens is 250 g/mol. The molecule has 0 aromatic carbocycles. The summed E-state index contributed by atoms with van der Waals surface area (Å²) in [6.07, 6.45) is 0.285. The number of rotatable bonds is 7. The summed E-state index contributed by atoms with van der Waals surface area (Å²) in [6.45, 7) is 2.79. The molecule has 0 bridgehead atoms. The predicted molar refractivity (Wildman–Crippen MR) is 72.2 cm³/mol. The van der Waals surface area contributed by atoms with Gasteiger partial charge in [-0.2, -0.15) is 0 Å². The van der Waals surface area contributed by atoms with Crippen molar-refractivity contribution >= 4 is 23.2 Å². The summed E-state index contributed by atoms with van der Waals surface area (Å²) in [5.41, 5.74) is -0.0557. The van der Waals surface area contributed by atoms with Gasteiger partial charge in [0.1, 0.15) is 11.6 Å². The first-order valence-electron chi connectivity index (χ1n) is 5.91. The fraction of sp³-hybridized carbons (Fsp3) is 0.455. The van der Waals surface area contributed by atoms with Gasteiger partial charge in [-0.15, -0.1) is 0 Å². The van der Waals surface area contributed by atoms with Gasteiger partial charge >= 0.3 is 0 Å². The smallest absolute Gasteiger partial charge is 0.276 e. The maximum Gasteiger partial charge on any atom is 0.276 e. The Labute approximate surface area is 110 Å². The van der Waals surface area contributed by atoms with E-state index in [0.29, 0.717) is 24.7 Å². The van der Waals surface area contributed by atoms with Gasteiger partial charge in [0.25, 0.3) is 5.69 Å². The summed E-state index contributed by atoms with van der Waals surface area (Å²) in [7, 11) is 1.63. The van der Waals surface area contributed by atoms with Crippen LogP contribution in [0, 0.1) is 10.1 Å². The maximum atomic E-state index is 11.2. The lowest BCUT2D eigenvalue weighted by Crippen LogP contribution is -2.24. The first-order chi connectivity index (χ1) is 9.06. The van der Waals surface area contributed by atoms with Crippen molar-refractivity contribution in [2.45, 2.75) is 13.3 Å². The molecule has 0 aliphatic carbocycles. The van der Waals surface area contributed by atoms with Crippen LogP contribution in [0.4, 0.5) is 17.3 Å². The monoisotopic (exact) mass is 267 g/mol. The molecule has 3 N–H and O–H groups in total. The number of hydrogen-bond acceptors (Lipinski definition) is 6. The van der Waals surface area contributed by atoms with Crippen molar-refractivity contribution in [3.63, 3.8) is 0 Å². The largest absolute Gasteiger partial charge is 0.373 e. The molecule has 0 aliphatic heterocycles. The van der Waals surface area contributed by atoms with Gasteiger partial charge in [0.05, 0.1) is 17.1 Å². The molecule has 1 aromatic rings. The Morgan fingerprint density at radius 1 is 1.42 bits per heavy atom. The summed E-state index contributed by atoms with van der Waals surface area (Å²) in [4.78, 5) is 25.6. The third-order valence-electron chi connectivity index (χ3n) is 2.31. The molecule has 0 saturated heterocycles. The molecule has 104 valence electrons. The number of nitrogens with zero attached hydrogens (tertiary/aromatic N) is 2. The van der Waals surface area contributed by atoms with E-state index in [-0.39, 0.29) is 18.0 Å². The third kappa shape index (κ3) is 4.78. The lowest BCUT2D eigenvalue weighted by Gasteiger charge is -2.07. The average Bonchev–Trinajstić information content (AvgIpc) is 2.38. The number of aromatic nitrogens is 1. The van der Waals surface area contributed by atoms with Crippen LogP contribution in [0.15, 0.2) is 12.1 Å². The third-order valence-corrected chi connectivity index (χ3v) is 2.31. The van der Waals surface area contributed by atoms with Crippen LogP contribution in [0.25, 0.3) is 0 Å². The Hall–Kier alpha value is -2.38. The first kappa shape index (κ1) is 14.7. The van der Waals surface area contributed by atoms with Gasteiger partial charge in [0.2, 0.25) is 5.91 Å². The van der Waals surface area contributed by atoms with E-state index in [2.05, 4.69) is 20.9 Å². The summed E-state index contributed by atoms with van der Waals surface area (Å²) >= 11 is 0. The number of amides is 1. The van der Waals surface area contributed by atoms with E-state index in [1.54, 1.807) is 7.05 Å². The molecule has 8 heteroatoms. The van der Waals surface area contributed by atoms with Gasteiger partial charge in [-0.25, -0.2) is 4.98 Å². The number of carbonyl (C=O) groups is 1. The lowest BCUT2D eigenvalue weighted by molar-refractivity contribution is -0.384. The summed E-state index contributed by atoms with van der Waals surface area (Å²) in [6, 6.07) is 2.67. The Kier molecular flexibility index (Phi) is 5.52. The molecule has 0 aliphatic rings. The van der Waals surface area contributed by atoms with Crippen LogP contribution in [-0.4, -0.2) is 36.0 Å². The Morgan fingerprint density at radius 2 is 2.11 bits per heavy atom. The molecule has 1 amide bonds. The van der Waals surface area contributed by atoms with Crippen LogP contribution in [-0.2, 0) is 4.79 Å². The van der Waals surface area contributed by atoms with Crippen LogP contribution in [0.1, 0.15) is 13.3 Å². The number of nitrogens with one attached hydrogen (secondary N) is 3. The van der Waals surface area contributed by atoms with Crippen LogP contribution in [0.2, 0.25) is 0 Å². The number of anilines is 2. The molecule has 19 heavy (non-hydrogen) atoms. The molecule has 8 nitrogen and oxygen atoms in total. The van der Waals surface area contributed by atoms with Gasteiger partial charge in [-0.05, 0) is 6.92 Å². The molecule has 0 saturated carbocycles. The van der Waals surface area contributed by atoms with E-state index < -0.39 is 4.92 Å². The molecule has 0 atom stereocenters. The SMILES string of the molecule is CCNC(=O)CCNc1cc([N+](=O)[O-])cc(NC)n1. The van der Waals surface area contributed by atoms with Crippen molar-refractivity contribution in [1.29, 1.82) is 0 Å². The van der Waals surface area contributed by atoms with E-state index in [9.17, 15) is 14.9 Å². The number of carbonyl (C=O) groups excluding carboxylic acids is 1. The van der Waals surface area contributed by atoms with E-state index in [1.165, 1.54) is 12.1 Å². The van der Waals surface area contributed by atoms with Crippen LogP contribution >= 0.6 is 0 Å². The molecule has 1 heterocycles. The minimum Gasteiger partial charge on any atom is -0.373 e. The topological polar surface area (TPSA) is 109 Å². The summed E-state index contributed by atoms with van der Waals surface area (Å²) < 4.78 is 0. The maximum absolute atomic E-state index is 11.2. The van der Waals surface area contributed by atoms with Crippen molar-refractivity contribution < 1.29 is 9.72 Å². The Balaban J connectivity index is 2.64. The first-order valence-corrected chi connectivity index (χ1v) is 5.91. The standard InChI is InChI=1S/C11H17N5O3/c1-3-13-11(17)4-5-14-10-7-8(16(18)19)6-9(12-2)15-10/h6-7H,3-5H2,1-2H3,(H,13,17)(H2,12,14,15). The predicted octanol–water partition coefficient (Wildman–Crippen LogP) is 0.970. The molecule has 1 rings (SSSR count). The number of hydrogen-bond donors (Lipinski definition) is 3. The van der Waals surface area contributed by atoms with E-state index in [0.717, 1.165) is 0 Å². The molecule has 0 fully saturated rings. The van der Waals surface area contributed by atoms with Gasteiger partial charge in [-0.1, -0.05) is 0 Å². The second-order valence-corrected chi connectivity index (χ2v) is 3.73. The highest BCUT2D eigenvalue weighted by Crippen LogP contribution is 2.20. The second kappa shape index (κ2) is 7.14. The normalized spacial score (nSPS) is 9.79. The van der Waals surface area contributed by atoms with E-state index in [1.807, 2.05) is 6.92 Å². The fourth-order valence-electron chi connectivity index (χ4n) is 1.43. The minimum absolute atomic E-state index is 0.0557. The zero-order valence-electron chi connectivity index (χ0n) is 10.9. The van der Waals surface area contributed by atoms with Crippen LogP contribution in [0.3, 0.4) is 0 Å². The Morgan fingerprint density at radius 3 is 2.68 bits per heavy atom. The van der Waals surface area contributed by atoms with Crippen LogP contribution < -0.4 is 16.0 Å². The van der Waals surface area contributed by atoms with Crippen molar-refractivity contribution in [3.8, 4) is 0 Å². The quantitative estimate of drug-likeness (QED) is 0.501. The summed E-state index contributed by atoms with van der Waals surface area (Å²) in [5, 5.41) is 19.0. The molecular formula is C11H17N5O3. The lowest BCUT2D eigenvalue weighted by atomic mass is 10.3. The highest BCUT2D eigenvalue weighted by molar-refractivity contribution is 5.76. The van der Waals surface area contributed by atoms with Crippen molar-refractivity contribution in [3.05, 3.63) is 22.2 Å². The van der Waals surface area contributed by atoms with Gasteiger partial charge in [0.15, 0.2) is 0 Å². The highest BCUT2D eigenvalue weighted by Gasteiger charge is 2.10. The molecule has 1 aromatic heterocycles. The zero-order valence-corrected chi connectivity index (χ0v) is 10.9. The van der Waals surface area contributed by atoms with Crippen molar-refractivity contribution in [1.82, 2.24) is 10.3 Å². The number of nitro groups is 1. The number of pyridine rings is 1. The second-order valence-electron chi connectivity index (χ2n) is 3.73. The minimum atomic E-state index is -0.489. The molecule has 0 radical (unpaired) electrons. The average molecular weight is 267 g/mol. The van der Waals surface area contributed by atoms with Gasteiger partial charge in [0, 0.05) is 26.6 Å². The van der Waals surface area contributed by atoms with Crippen molar-refractivity contribution in [2.24, 2.45) is 0 Å². The fourth-order valence-corrected chi connectivity index (χ4v) is 1.43. The molecule has 0 unspecified atom stereocenters. The van der Waals surface area contributed by atoms with Crippen molar-refractivity contribution in [2.75, 3.05) is 30.8 Å². The van der Waals surface area contributed by atoms with Crippen LogP contribution in [0.5, 0.6) is 0 Å². The van der Waals surface area contributed by atoms with E-state index >= 15 is 0 Å². The Bertz CT molecular complexity index is 464. The highest BCUT2D eigenvalue weighted by atomic mass is 16.6. The summed E-state index contributed by atoms with van der Waals surface area (Å²) in [5.74, 6) is 0.687. The van der Waals surface area contributed by atoms with E-state index in [4.69, 9.17) is 0 Å². The molecule has 0 spiro atoms. The van der Waals surface area contributed by atoms with Gasteiger partial charge < -0.3 is 16.0 Å².